The van der Waals surface area contributed by atoms with E-state index in [1.165, 1.54) is 5.69 Å². The molecule has 0 radical (unpaired) electrons. The van der Waals surface area contributed by atoms with Crippen LogP contribution >= 0.6 is 0 Å². The Balaban J connectivity index is 1.44. The molecule has 5 nitrogen and oxygen atoms in total. The molecule has 0 atom stereocenters. The van der Waals surface area contributed by atoms with Gasteiger partial charge in [0, 0.05) is 36.1 Å². The quantitative estimate of drug-likeness (QED) is 0.360. The highest BCUT2D eigenvalue weighted by atomic mass is 16.4. The van der Waals surface area contributed by atoms with Crippen molar-refractivity contribution in [1.82, 2.24) is 10.2 Å². The first-order valence-electron chi connectivity index (χ1n) is 10.1. The Kier molecular flexibility index (Phi) is 5.99. The summed E-state index contributed by atoms with van der Waals surface area (Å²) in [4.78, 5) is 6.89. The molecule has 0 fully saturated rings. The van der Waals surface area contributed by atoms with Gasteiger partial charge in [0.1, 0.15) is 0 Å². The second kappa shape index (κ2) is 9.18. The van der Waals surface area contributed by atoms with E-state index >= 15 is 0 Å². The van der Waals surface area contributed by atoms with E-state index in [0.717, 1.165) is 35.5 Å². The first kappa shape index (κ1) is 19.6. The molecule has 5 heteroatoms. The Bertz CT molecular complexity index is 1100. The molecular weight excluding hydrogens is 372 g/mol. The minimum Gasteiger partial charge on any atom is -0.416 e. The average Bonchev–Trinajstić information content (AvgIpc) is 3.31. The monoisotopic (exact) mass is 396 g/mol. The molecule has 4 rings (SSSR count). The number of hydrogen-bond donors (Lipinski definition) is 0. The number of rotatable bonds is 7. The fourth-order valence-electron chi connectivity index (χ4n) is 3.24. The van der Waals surface area contributed by atoms with Gasteiger partial charge in [0.15, 0.2) is 0 Å². The van der Waals surface area contributed by atoms with Crippen LogP contribution in [0.4, 0.5) is 11.4 Å². The van der Waals surface area contributed by atoms with E-state index in [4.69, 9.17) is 4.42 Å². The van der Waals surface area contributed by atoms with Crippen LogP contribution in [0.5, 0.6) is 0 Å². The Morgan fingerprint density at radius 3 is 1.97 bits per heavy atom. The molecule has 0 spiro atoms. The highest BCUT2D eigenvalue weighted by Crippen LogP contribution is 2.25. The normalized spacial score (nSPS) is 11.1. The summed E-state index contributed by atoms with van der Waals surface area (Å²) in [7, 11) is 0. The number of nitrogens with zero attached hydrogens (tertiary/aromatic N) is 4. The van der Waals surface area contributed by atoms with E-state index in [9.17, 15) is 0 Å². The largest absolute Gasteiger partial charge is 0.416 e. The van der Waals surface area contributed by atoms with E-state index < -0.39 is 0 Å². The van der Waals surface area contributed by atoms with E-state index in [0.29, 0.717) is 11.8 Å². The van der Waals surface area contributed by atoms with Crippen molar-refractivity contribution in [3.63, 3.8) is 0 Å². The van der Waals surface area contributed by atoms with Crippen molar-refractivity contribution in [3.05, 3.63) is 84.4 Å². The van der Waals surface area contributed by atoms with Gasteiger partial charge in [0.25, 0.3) is 0 Å². The lowest BCUT2D eigenvalue weighted by Crippen LogP contribution is -2.21. The van der Waals surface area contributed by atoms with Crippen molar-refractivity contribution in [3.8, 4) is 22.9 Å². The number of anilines is 1. The predicted octanol–water partition coefficient (Wildman–Crippen LogP) is 6.00. The summed E-state index contributed by atoms with van der Waals surface area (Å²) >= 11 is 0. The molecule has 1 aromatic heterocycles. The van der Waals surface area contributed by atoms with Gasteiger partial charge in [-0.15, -0.1) is 10.2 Å². The molecule has 0 N–H and O–H groups in total. The molecule has 0 unspecified atom stereocenters. The minimum absolute atomic E-state index is 0.497. The first-order valence-corrected chi connectivity index (χ1v) is 10.1. The second-order valence-corrected chi connectivity index (χ2v) is 6.85. The molecule has 0 saturated heterocycles. The topological polar surface area (TPSA) is 54.5 Å². The average molecular weight is 396 g/mol. The van der Waals surface area contributed by atoms with Crippen LogP contribution in [0.15, 0.2) is 88.3 Å². The van der Waals surface area contributed by atoms with Crippen LogP contribution in [0.25, 0.3) is 22.9 Å². The lowest BCUT2D eigenvalue weighted by atomic mass is 10.2. The van der Waals surface area contributed by atoms with Crippen molar-refractivity contribution in [2.45, 2.75) is 13.8 Å². The van der Waals surface area contributed by atoms with Gasteiger partial charge in [-0.3, -0.25) is 4.99 Å². The van der Waals surface area contributed by atoms with Crippen molar-refractivity contribution in [2.24, 2.45) is 4.99 Å². The van der Waals surface area contributed by atoms with E-state index in [-0.39, 0.29) is 0 Å². The second-order valence-electron chi connectivity index (χ2n) is 6.85. The summed E-state index contributed by atoms with van der Waals surface area (Å²) in [5.41, 5.74) is 4.95. The standard InChI is InChI=1S/C25H24N4O/c1-3-29(4-2)23-16-10-19(11-17-23)18-26-22-14-12-21(13-15-22)25-28-27-24(30-25)20-8-6-5-7-9-20/h5-18H,3-4H2,1-2H3. The number of benzene rings is 3. The van der Waals surface area contributed by atoms with Crippen LogP contribution in [0, 0.1) is 0 Å². The molecule has 0 bridgehead atoms. The SMILES string of the molecule is CCN(CC)c1ccc(C=Nc2ccc(-c3nnc(-c4ccccc4)o3)cc2)cc1. The summed E-state index contributed by atoms with van der Waals surface area (Å²) in [6.07, 6.45) is 1.88. The van der Waals surface area contributed by atoms with Gasteiger partial charge >= 0.3 is 0 Å². The number of aliphatic imine (C=N–C) groups is 1. The van der Waals surface area contributed by atoms with Crippen LogP contribution in [-0.4, -0.2) is 29.5 Å². The third-order valence-electron chi connectivity index (χ3n) is 4.94. The lowest BCUT2D eigenvalue weighted by Gasteiger charge is -2.20. The molecule has 0 aliphatic carbocycles. The highest BCUT2D eigenvalue weighted by Gasteiger charge is 2.10. The molecule has 1 heterocycles. The van der Waals surface area contributed by atoms with Gasteiger partial charge < -0.3 is 9.32 Å². The molecule has 4 aromatic rings. The molecule has 0 saturated carbocycles. The van der Waals surface area contributed by atoms with Crippen molar-refractivity contribution >= 4 is 17.6 Å². The molecule has 0 aliphatic rings. The zero-order valence-corrected chi connectivity index (χ0v) is 17.2. The molecule has 30 heavy (non-hydrogen) atoms. The lowest BCUT2D eigenvalue weighted by molar-refractivity contribution is 0.584. The molecular formula is C25H24N4O. The third-order valence-corrected chi connectivity index (χ3v) is 4.94. The van der Waals surface area contributed by atoms with Crippen LogP contribution in [-0.2, 0) is 0 Å². The van der Waals surface area contributed by atoms with E-state index in [1.54, 1.807) is 0 Å². The Hall–Kier alpha value is -3.73. The summed E-state index contributed by atoms with van der Waals surface area (Å²) < 4.78 is 5.81. The van der Waals surface area contributed by atoms with Crippen LogP contribution in [0.2, 0.25) is 0 Å². The molecule has 3 aromatic carbocycles. The van der Waals surface area contributed by atoms with Gasteiger partial charge in [0.2, 0.25) is 11.8 Å². The van der Waals surface area contributed by atoms with Crippen molar-refractivity contribution in [2.75, 3.05) is 18.0 Å². The first-order chi connectivity index (χ1) is 14.8. The highest BCUT2D eigenvalue weighted by molar-refractivity contribution is 5.82. The van der Waals surface area contributed by atoms with Crippen molar-refractivity contribution in [1.29, 1.82) is 0 Å². The number of hydrogen-bond acceptors (Lipinski definition) is 5. The van der Waals surface area contributed by atoms with E-state index in [1.807, 2.05) is 60.8 Å². The third kappa shape index (κ3) is 4.46. The fraction of sp³-hybridized carbons (Fsp3) is 0.160. The van der Waals surface area contributed by atoms with Crippen LogP contribution in [0.1, 0.15) is 19.4 Å². The van der Waals surface area contributed by atoms with Crippen LogP contribution in [0.3, 0.4) is 0 Å². The molecule has 150 valence electrons. The summed E-state index contributed by atoms with van der Waals surface area (Å²) in [6.45, 7) is 6.34. The molecule has 0 amide bonds. The summed E-state index contributed by atoms with van der Waals surface area (Å²) in [6, 6.07) is 26.0. The van der Waals surface area contributed by atoms with Gasteiger partial charge in [0.05, 0.1) is 5.69 Å². The Labute approximate surface area is 176 Å². The Morgan fingerprint density at radius 2 is 1.37 bits per heavy atom. The Morgan fingerprint density at radius 1 is 0.767 bits per heavy atom. The van der Waals surface area contributed by atoms with Crippen LogP contribution < -0.4 is 4.90 Å². The smallest absolute Gasteiger partial charge is 0.248 e. The molecule has 0 aliphatic heterocycles. The number of aromatic nitrogens is 2. The minimum atomic E-state index is 0.497. The maximum atomic E-state index is 5.81. The van der Waals surface area contributed by atoms with Crippen molar-refractivity contribution < 1.29 is 4.42 Å². The fourth-order valence-corrected chi connectivity index (χ4v) is 3.24. The van der Waals surface area contributed by atoms with Gasteiger partial charge in [-0.05, 0) is 67.9 Å². The van der Waals surface area contributed by atoms with Gasteiger partial charge in [-0.25, -0.2) is 0 Å². The van der Waals surface area contributed by atoms with Gasteiger partial charge in [-0.1, -0.05) is 30.3 Å². The van der Waals surface area contributed by atoms with E-state index in [2.05, 4.69) is 58.2 Å². The van der Waals surface area contributed by atoms with Gasteiger partial charge in [-0.2, -0.15) is 0 Å². The summed E-state index contributed by atoms with van der Waals surface area (Å²) in [5, 5.41) is 8.31. The predicted molar refractivity (Wildman–Crippen MR) is 122 cm³/mol. The zero-order chi connectivity index (χ0) is 20.8. The summed E-state index contributed by atoms with van der Waals surface area (Å²) in [5.74, 6) is 1.01. The zero-order valence-electron chi connectivity index (χ0n) is 17.2. The maximum Gasteiger partial charge on any atom is 0.248 e. The maximum absolute atomic E-state index is 5.81.